The summed E-state index contributed by atoms with van der Waals surface area (Å²) in [5.74, 6) is 0.227. The number of ether oxygens (including phenoxy) is 1. The fourth-order valence-corrected chi connectivity index (χ4v) is 9.60. The Labute approximate surface area is 288 Å². The summed E-state index contributed by atoms with van der Waals surface area (Å²) in [4.78, 5) is 21.5. The molecule has 0 spiro atoms. The summed E-state index contributed by atoms with van der Waals surface area (Å²) in [5.41, 5.74) is 2.37. The molecule has 5 aliphatic rings. The fraction of sp³-hybridized carbons (Fsp3) is 0.632. The minimum atomic E-state index is -0.835. The van der Waals surface area contributed by atoms with Gasteiger partial charge in [-0.15, -0.1) is 0 Å². The first-order valence-electron chi connectivity index (χ1n) is 18.1. The van der Waals surface area contributed by atoms with Crippen molar-refractivity contribution >= 4 is 11.8 Å². The second-order valence-electron chi connectivity index (χ2n) is 15.3. The first-order valence-corrected chi connectivity index (χ1v) is 18.1. The van der Waals surface area contributed by atoms with Crippen LogP contribution in [0, 0.1) is 29.0 Å². The average molecular weight is 677 g/mol. The number of halogens is 2. The first-order chi connectivity index (χ1) is 23.7. The Balaban J connectivity index is 1.04. The van der Waals surface area contributed by atoms with Crippen LogP contribution in [0.2, 0.25) is 0 Å². The van der Waals surface area contributed by atoms with E-state index in [2.05, 4.69) is 32.2 Å². The van der Waals surface area contributed by atoms with Gasteiger partial charge in [0.1, 0.15) is 17.6 Å². The standard InChI is InChI=1S/C38H50F2N6O3/c1-49-36(47)42-35-8-3-7-34(35)38(26-43-13-4-14-43,30-5-2-6-31(39)18-30)29-11-15-44(16-12-29)23-37(48)24-46(25-37)33-10-9-27(19-41)28(17-33)20-45-21-32(40)22-45/h2,5-6,9-10,17-18,29,32,34-35,48H,3-4,7-8,11-16,20-26H2,1H3,(H,42,47)/t34-,35-,38?/m0/s1. The van der Waals surface area contributed by atoms with E-state index in [1.807, 2.05) is 29.2 Å². The second kappa shape index (κ2) is 14.1. The maximum absolute atomic E-state index is 15.0. The van der Waals surface area contributed by atoms with Gasteiger partial charge in [0.05, 0.1) is 18.7 Å². The van der Waals surface area contributed by atoms with Crippen LogP contribution < -0.4 is 10.2 Å². The van der Waals surface area contributed by atoms with Crippen LogP contribution in [0.4, 0.5) is 19.3 Å². The Morgan fingerprint density at radius 3 is 2.47 bits per heavy atom. The summed E-state index contributed by atoms with van der Waals surface area (Å²) in [7, 11) is 1.41. The van der Waals surface area contributed by atoms with Crippen LogP contribution in [-0.2, 0) is 16.7 Å². The number of nitrogens with one attached hydrogen (secondary N) is 1. The molecule has 0 radical (unpaired) electrons. The molecular weight excluding hydrogens is 626 g/mol. The molecule has 0 aromatic heterocycles. The molecule has 4 saturated heterocycles. The maximum atomic E-state index is 15.0. The minimum absolute atomic E-state index is 0.0362. The van der Waals surface area contributed by atoms with Crippen LogP contribution in [0.15, 0.2) is 42.5 Å². The van der Waals surface area contributed by atoms with Gasteiger partial charge in [0.2, 0.25) is 0 Å². The van der Waals surface area contributed by atoms with Gasteiger partial charge in [0.15, 0.2) is 0 Å². The van der Waals surface area contributed by atoms with Gasteiger partial charge in [-0.05, 0) is 112 Å². The number of amides is 1. The second-order valence-corrected chi connectivity index (χ2v) is 15.3. The molecule has 9 nitrogen and oxygen atoms in total. The lowest BCUT2D eigenvalue weighted by Crippen LogP contribution is -2.67. The fourth-order valence-electron chi connectivity index (χ4n) is 9.60. The topological polar surface area (TPSA) is 95.3 Å². The largest absolute Gasteiger partial charge is 0.453 e. The smallest absolute Gasteiger partial charge is 0.407 e. The highest BCUT2D eigenvalue weighted by atomic mass is 19.1. The number of hydrogen-bond acceptors (Lipinski definition) is 8. The van der Waals surface area contributed by atoms with Gasteiger partial charge in [0, 0.05) is 63.0 Å². The molecular formula is C38H50F2N6O3. The summed E-state index contributed by atoms with van der Waals surface area (Å²) in [6.07, 6.45) is 4.71. The quantitative estimate of drug-likeness (QED) is 0.365. The van der Waals surface area contributed by atoms with E-state index in [0.717, 1.165) is 81.6 Å². The molecule has 2 aromatic rings. The molecule has 264 valence electrons. The molecule has 2 aromatic carbocycles. The Bertz CT molecular complexity index is 1530. The number of nitrogens with zero attached hydrogens (tertiary/aromatic N) is 5. The normalized spacial score (nSPS) is 26.2. The average Bonchev–Trinajstić information content (AvgIpc) is 3.51. The van der Waals surface area contributed by atoms with Crippen LogP contribution in [-0.4, -0.2) is 116 Å². The molecule has 7 rings (SSSR count). The van der Waals surface area contributed by atoms with Gasteiger partial charge in [-0.2, -0.15) is 5.26 Å². The van der Waals surface area contributed by atoms with Gasteiger partial charge in [0.25, 0.3) is 0 Å². The van der Waals surface area contributed by atoms with E-state index in [0.29, 0.717) is 50.7 Å². The molecule has 5 fully saturated rings. The zero-order valence-electron chi connectivity index (χ0n) is 28.6. The van der Waals surface area contributed by atoms with E-state index in [1.165, 1.54) is 19.6 Å². The lowest BCUT2D eigenvalue weighted by atomic mass is 9.57. The number of hydrogen-bond donors (Lipinski definition) is 2. The van der Waals surface area contributed by atoms with Crippen LogP contribution in [0.5, 0.6) is 0 Å². The van der Waals surface area contributed by atoms with Crippen molar-refractivity contribution in [2.24, 2.45) is 11.8 Å². The first kappa shape index (κ1) is 34.2. The number of alkyl carbamates (subject to hydrolysis) is 1. The summed E-state index contributed by atoms with van der Waals surface area (Å²) in [6.45, 7) is 7.60. The molecule has 11 heteroatoms. The van der Waals surface area contributed by atoms with Gasteiger partial charge < -0.3 is 29.9 Å². The van der Waals surface area contributed by atoms with Gasteiger partial charge >= 0.3 is 6.09 Å². The van der Waals surface area contributed by atoms with Gasteiger partial charge in [-0.25, -0.2) is 13.6 Å². The molecule has 1 amide bonds. The number of benzene rings is 2. The van der Waals surface area contributed by atoms with Crippen molar-refractivity contribution in [1.82, 2.24) is 20.0 Å². The maximum Gasteiger partial charge on any atom is 0.407 e. The van der Waals surface area contributed by atoms with Crippen LogP contribution in [0.3, 0.4) is 0 Å². The minimum Gasteiger partial charge on any atom is -0.453 e. The number of β-amino-alcohol motifs (C(OH)–C–C–N with tert-alkyl or cyclic N) is 1. The molecule has 49 heavy (non-hydrogen) atoms. The number of rotatable bonds is 11. The molecule has 1 saturated carbocycles. The molecule has 3 atom stereocenters. The van der Waals surface area contributed by atoms with E-state index in [-0.39, 0.29) is 23.2 Å². The van der Waals surface area contributed by atoms with E-state index in [4.69, 9.17) is 4.74 Å². The number of carbonyl (C=O) groups is 1. The highest BCUT2D eigenvalue weighted by Gasteiger charge is 2.53. The molecule has 4 heterocycles. The lowest BCUT2D eigenvalue weighted by molar-refractivity contribution is -0.0362. The number of likely N-dealkylation sites (tertiary alicyclic amines) is 3. The number of anilines is 1. The predicted octanol–water partition coefficient (Wildman–Crippen LogP) is 4.28. The van der Waals surface area contributed by atoms with E-state index < -0.39 is 17.9 Å². The van der Waals surface area contributed by atoms with Gasteiger partial charge in [-0.1, -0.05) is 18.6 Å². The summed E-state index contributed by atoms with van der Waals surface area (Å²) in [5, 5.41) is 24.4. The number of piperidine rings is 1. The highest BCUT2D eigenvalue weighted by molar-refractivity contribution is 5.67. The van der Waals surface area contributed by atoms with Crippen LogP contribution >= 0.6 is 0 Å². The Kier molecular flexibility index (Phi) is 9.86. The van der Waals surface area contributed by atoms with Gasteiger partial charge in [-0.3, -0.25) is 4.90 Å². The number of nitriles is 1. The summed E-state index contributed by atoms with van der Waals surface area (Å²) < 4.78 is 33.4. The zero-order valence-corrected chi connectivity index (χ0v) is 28.6. The Hall–Kier alpha value is -3.30. The number of aliphatic hydroxyl groups is 1. The number of alkyl halides is 1. The summed E-state index contributed by atoms with van der Waals surface area (Å²) in [6, 6.07) is 15.2. The van der Waals surface area contributed by atoms with Crippen LogP contribution in [0.1, 0.15) is 55.2 Å². The summed E-state index contributed by atoms with van der Waals surface area (Å²) >= 11 is 0. The third-order valence-electron chi connectivity index (χ3n) is 12.1. The van der Waals surface area contributed by atoms with Crippen molar-refractivity contribution in [3.05, 3.63) is 65.0 Å². The Morgan fingerprint density at radius 1 is 1.04 bits per heavy atom. The third-order valence-corrected chi connectivity index (χ3v) is 12.1. The van der Waals surface area contributed by atoms with E-state index in [9.17, 15) is 23.9 Å². The van der Waals surface area contributed by atoms with Crippen molar-refractivity contribution in [1.29, 1.82) is 5.26 Å². The van der Waals surface area contributed by atoms with Crippen molar-refractivity contribution in [2.45, 2.75) is 68.3 Å². The third kappa shape index (κ3) is 7.03. The van der Waals surface area contributed by atoms with E-state index >= 15 is 0 Å². The molecule has 0 bridgehead atoms. The van der Waals surface area contributed by atoms with Crippen LogP contribution in [0.25, 0.3) is 0 Å². The molecule has 4 aliphatic heterocycles. The Morgan fingerprint density at radius 2 is 1.82 bits per heavy atom. The zero-order chi connectivity index (χ0) is 34.2. The highest BCUT2D eigenvalue weighted by Crippen LogP contribution is 2.51. The molecule has 1 aliphatic carbocycles. The SMILES string of the molecule is COC(=O)N[C@H]1CCC[C@@H]1C(CN1CCC1)(c1cccc(F)c1)C1CCN(CC2(O)CN(c3ccc(C#N)c(CN4CC(F)C4)c3)C2)CC1. The predicted molar refractivity (Wildman–Crippen MR) is 183 cm³/mol. The number of methoxy groups -OCH3 is 1. The monoisotopic (exact) mass is 676 g/mol. The van der Waals surface area contributed by atoms with Crippen molar-refractivity contribution in [3.63, 3.8) is 0 Å². The van der Waals surface area contributed by atoms with Crippen molar-refractivity contribution in [2.75, 3.05) is 77.5 Å². The molecule has 2 N–H and O–H groups in total. The van der Waals surface area contributed by atoms with Crippen molar-refractivity contribution < 1.29 is 23.4 Å². The van der Waals surface area contributed by atoms with E-state index in [1.54, 1.807) is 6.07 Å². The molecule has 1 unspecified atom stereocenters. The van der Waals surface area contributed by atoms with Crippen molar-refractivity contribution in [3.8, 4) is 6.07 Å². The number of carbonyl (C=O) groups excluding carboxylic acids is 1. The lowest BCUT2D eigenvalue weighted by Gasteiger charge is -2.55.